The molecule has 0 bridgehead atoms. The molecular weight excluding hydrogens is 268 g/mol. The molecule has 0 unspecified atom stereocenters. The van der Waals surface area contributed by atoms with Crippen molar-refractivity contribution in [3.63, 3.8) is 0 Å². The number of hydrogen-bond donors (Lipinski definition) is 1. The minimum atomic E-state index is -0.669. The van der Waals surface area contributed by atoms with Crippen molar-refractivity contribution >= 4 is 5.97 Å². The third-order valence-corrected chi connectivity index (χ3v) is 4.47. The molecule has 1 fully saturated rings. The highest BCUT2D eigenvalue weighted by Crippen LogP contribution is 2.27. The first kappa shape index (κ1) is 16.0. The van der Waals surface area contributed by atoms with E-state index in [0.717, 1.165) is 44.2 Å². The highest BCUT2D eigenvalue weighted by Gasteiger charge is 2.26. The van der Waals surface area contributed by atoms with Crippen LogP contribution in [-0.4, -0.2) is 27.0 Å². The van der Waals surface area contributed by atoms with E-state index in [1.165, 1.54) is 0 Å². The Balaban J connectivity index is 1.78. The lowest BCUT2D eigenvalue weighted by Crippen LogP contribution is -2.26. The fourth-order valence-electron chi connectivity index (χ4n) is 3.00. The minimum absolute atomic E-state index is 0.180. The van der Waals surface area contributed by atoms with Gasteiger partial charge >= 0.3 is 5.97 Å². The Kier molecular flexibility index (Phi) is 5.79. The van der Waals surface area contributed by atoms with Crippen molar-refractivity contribution in [1.29, 1.82) is 0 Å². The first-order valence-corrected chi connectivity index (χ1v) is 8.02. The van der Waals surface area contributed by atoms with Gasteiger partial charge in [0.1, 0.15) is 0 Å². The summed E-state index contributed by atoms with van der Waals surface area (Å²) in [7, 11) is 0. The van der Waals surface area contributed by atoms with E-state index in [1.807, 2.05) is 16.9 Å². The zero-order valence-corrected chi connectivity index (χ0v) is 13.0. The predicted octanol–water partition coefficient (Wildman–Crippen LogP) is 3.40. The fourth-order valence-corrected chi connectivity index (χ4v) is 3.00. The molecule has 21 heavy (non-hydrogen) atoms. The summed E-state index contributed by atoms with van der Waals surface area (Å²) in [5.41, 5.74) is 0.960. The van der Waals surface area contributed by atoms with Crippen molar-refractivity contribution < 1.29 is 14.6 Å². The van der Waals surface area contributed by atoms with Crippen molar-refractivity contribution in [2.24, 2.45) is 5.92 Å². The summed E-state index contributed by atoms with van der Waals surface area (Å²) in [4.78, 5) is 10.9. The zero-order chi connectivity index (χ0) is 15.2. The molecule has 0 aliphatic heterocycles. The molecule has 0 saturated heterocycles. The maximum Gasteiger partial charge on any atom is 0.306 e. The molecule has 5 nitrogen and oxygen atoms in total. The summed E-state index contributed by atoms with van der Waals surface area (Å²) in [6.45, 7) is 4.87. The lowest BCUT2D eigenvalue weighted by Gasteiger charge is -2.25. The van der Waals surface area contributed by atoms with Crippen molar-refractivity contribution in [3.05, 3.63) is 18.0 Å². The van der Waals surface area contributed by atoms with E-state index in [2.05, 4.69) is 18.9 Å². The van der Waals surface area contributed by atoms with E-state index in [-0.39, 0.29) is 12.0 Å². The van der Waals surface area contributed by atoms with E-state index < -0.39 is 5.97 Å². The average molecular weight is 294 g/mol. The number of hydrogen-bond acceptors (Lipinski definition) is 3. The SMILES string of the molecule is CCC(CC)n1ccc(COC2CCC(C(=O)O)CC2)n1. The van der Waals surface area contributed by atoms with Crippen molar-refractivity contribution in [1.82, 2.24) is 9.78 Å². The Labute approximate surface area is 126 Å². The van der Waals surface area contributed by atoms with Gasteiger partial charge in [0.25, 0.3) is 0 Å². The largest absolute Gasteiger partial charge is 0.481 e. The van der Waals surface area contributed by atoms with Gasteiger partial charge in [-0.2, -0.15) is 5.10 Å². The van der Waals surface area contributed by atoms with Crippen LogP contribution in [0.1, 0.15) is 64.1 Å². The van der Waals surface area contributed by atoms with Crippen LogP contribution in [0.25, 0.3) is 0 Å². The standard InChI is InChI=1S/C16H26N2O3/c1-3-14(4-2)18-10-9-13(17-18)11-21-15-7-5-12(6-8-15)16(19)20/h9-10,12,14-15H,3-8,11H2,1-2H3,(H,19,20). The molecule has 1 saturated carbocycles. The van der Waals surface area contributed by atoms with Crippen LogP contribution >= 0.6 is 0 Å². The second-order valence-electron chi connectivity index (χ2n) is 5.88. The highest BCUT2D eigenvalue weighted by atomic mass is 16.5. The number of carboxylic acid groups (broad SMARTS) is 1. The Hall–Kier alpha value is -1.36. The molecule has 0 atom stereocenters. The first-order chi connectivity index (χ1) is 10.1. The normalized spacial score (nSPS) is 22.6. The molecule has 0 spiro atoms. The lowest BCUT2D eigenvalue weighted by molar-refractivity contribution is -0.143. The molecule has 1 aromatic heterocycles. The number of carbonyl (C=O) groups is 1. The molecule has 1 aromatic rings. The van der Waals surface area contributed by atoms with Crippen LogP contribution in [0.3, 0.4) is 0 Å². The maximum absolute atomic E-state index is 10.9. The van der Waals surface area contributed by atoms with Crippen molar-refractivity contribution in [2.75, 3.05) is 0 Å². The summed E-state index contributed by atoms with van der Waals surface area (Å²) in [6.07, 6.45) is 7.49. The van der Waals surface area contributed by atoms with E-state index in [9.17, 15) is 4.79 Å². The van der Waals surface area contributed by atoms with E-state index in [0.29, 0.717) is 12.6 Å². The molecule has 1 heterocycles. The van der Waals surface area contributed by atoms with Crippen LogP contribution in [0, 0.1) is 5.92 Å². The molecule has 1 aliphatic carbocycles. The Morgan fingerprint density at radius 2 is 2.05 bits per heavy atom. The Bertz CT molecular complexity index is 446. The van der Waals surface area contributed by atoms with Gasteiger partial charge in [-0.3, -0.25) is 9.48 Å². The quantitative estimate of drug-likeness (QED) is 0.837. The lowest BCUT2D eigenvalue weighted by atomic mass is 9.87. The summed E-state index contributed by atoms with van der Waals surface area (Å²) >= 11 is 0. The molecule has 0 radical (unpaired) electrons. The Morgan fingerprint density at radius 3 is 2.62 bits per heavy atom. The van der Waals surface area contributed by atoms with E-state index >= 15 is 0 Å². The third kappa shape index (κ3) is 4.30. The van der Waals surface area contributed by atoms with Crippen LogP contribution in [0.4, 0.5) is 0 Å². The molecule has 2 rings (SSSR count). The number of aromatic nitrogens is 2. The van der Waals surface area contributed by atoms with Crippen molar-refractivity contribution in [3.8, 4) is 0 Å². The van der Waals surface area contributed by atoms with Gasteiger partial charge in [0.05, 0.1) is 30.4 Å². The molecule has 0 amide bonds. The summed E-state index contributed by atoms with van der Waals surface area (Å²) in [5, 5.41) is 13.6. The number of aliphatic carboxylic acids is 1. The first-order valence-electron chi connectivity index (χ1n) is 8.02. The monoisotopic (exact) mass is 294 g/mol. The average Bonchev–Trinajstić information content (AvgIpc) is 2.96. The minimum Gasteiger partial charge on any atom is -0.481 e. The zero-order valence-electron chi connectivity index (χ0n) is 13.0. The molecule has 1 aliphatic rings. The van der Waals surface area contributed by atoms with Gasteiger partial charge in [0.15, 0.2) is 0 Å². The van der Waals surface area contributed by atoms with E-state index in [1.54, 1.807) is 0 Å². The fraction of sp³-hybridized carbons (Fsp3) is 0.750. The smallest absolute Gasteiger partial charge is 0.306 e. The number of rotatable bonds is 7. The van der Waals surface area contributed by atoms with Crippen LogP contribution in [-0.2, 0) is 16.1 Å². The summed E-state index contributed by atoms with van der Waals surface area (Å²) < 4.78 is 7.92. The van der Waals surface area contributed by atoms with Gasteiger partial charge in [-0.25, -0.2) is 0 Å². The highest BCUT2D eigenvalue weighted by molar-refractivity contribution is 5.70. The second-order valence-corrected chi connectivity index (χ2v) is 5.88. The van der Waals surface area contributed by atoms with E-state index in [4.69, 9.17) is 9.84 Å². The van der Waals surface area contributed by atoms with Gasteiger partial charge in [-0.05, 0) is 44.6 Å². The van der Waals surface area contributed by atoms with Crippen LogP contribution < -0.4 is 0 Å². The van der Waals surface area contributed by atoms with Crippen LogP contribution in [0.15, 0.2) is 12.3 Å². The molecule has 5 heteroatoms. The summed E-state index contributed by atoms with van der Waals surface area (Å²) in [6, 6.07) is 2.48. The molecule has 118 valence electrons. The molecule has 1 N–H and O–H groups in total. The van der Waals surface area contributed by atoms with Gasteiger partial charge in [0.2, 0.25) is 0 Å². The summed E-state index contributed by atoms with van der Waals surface area (Å²) in [5.74, 6) is -0.851. The van der Waals surface area contributed by atoms with Crippen LogP contribution in [0.2, 0.25) is 0 Å². The topological polar surface area (TPSA) is 64.3 Å². The number of nitrogens with zero attached hydrogens (tertiary/aromatic N) is 2. The molecule has 0 aromatic carbocycles. The van der Waals surface area contributed by atoms with Gasteiger partial charge < -0.3 is 9.84 Å². The van der Waals surface area contributed by atoms with Crippen LogP contribution in [0.5, 0.6) is 0 Å². The third-order valence-electron chi connectivity index (χ3n) is 4.47. The predicted molar refractivity (Wildman–Crippen MR) is 80.0 cm³/mol. The van der Waals surface area contributed by atoms with Gasteiger partial charge in [-0.15, -0.1) is 0 Å². The van der Waals surface area contributed by atoms with Gasteiger partial charge in [-0.1, -0.05) is 13.8 Å². The molecular formula is C16H26N2O3. The Morgan fingerprint density at radius 1 is 1.38 bits per heavy atom. The maximum atomic E-state index is 10.9. The van der Waals surface area contributed by atoms with Crippen molar-refractivity contribution in [2.45, 2.75) is 71.1 Å². The number of ether oxygens (including phenoxy) is 1. The number of carboxylic acids is 1. The second kappa shape index (κ2) is 7.59. The van der Waals surface area contributed by atoms with Gasteiger partial charge in [0, 0.05) is 6.20 Å².